The molecule has 0 unspecified atom stereocenters. The first-order chi connectivity index (χ1) is 10.7. The van der Waals surface area contributed by atoms with Gasteiger partial charge in [-0.2, -0.15) is 0 Å². The summed E-state index contributed by atoms with van der Waals surface area (Å²) in [6, 6.07) is 7.62. The van der Waals surface area contributed by atoms with Crippen LogP contribution in [0.5, 0.6) is 0 Å². The summed E-state index contributed by atoms with van der Waals surface area (Å²) in [5.74, 6) is 0. The summed E-state index contributed by atoms with van der Waals surface area (Å²) in [6.45, 7) is 7.42. The van der Waals surface area contributed by atoms with Crippen LogP contribution in [0.25, 0.3) is 0 Å². The van der Waals surface area contributed by atoms with Crippen LogP contribution in [0.2, 0.25) is 5.02 Å². The minimum absolute atomic E-state index is 0.00753. The van der Waals surface area contributed by atoms with Crippen LogP contribution in [0.15, 0.2) is 24.3 Å². The molecule has 0 spiro atoms. The van der Waals surface area contributed by atoms with Crippen molar-refractivity contribution in [1.29, 1.82) is 0 Å². The van der Waals surface area contributed by atoms with E-state index in [9.17, 15) is 4.79 Å². The van der Waals surface area contributed by atoms with Gasteiger partial charge in [0.1, 0.15) is 0 Å². The van der Waals surface area contributed by atoms with E-state index in [4.69, 9.17) is 11.6 Å². The number of carbonyl (C=O) groups is 1. The number of piperazine rings is 1. The van der Waals surface area contributed by atoms with Crippen LogP contribution in [-0.4, -0.2) is 48.6 Å². The Balaban J connectivity index is 1.70. The Bertz CT molecular complexity index is 473. The molecule has 0 aliphatic carbocycles. The maximum Gasteiger partial charge on any atom is 0.317 e. The molecule has 4 nitrogen and oxygen atoms in total. The molecule has 1 aromatic rings. The highest BCUT2D eigenvalue weighted by Crippen LogP contribution is 2.14. The lowest BCUT2D eigenvalue weighted by atomic mass is 10.2. The van der Waals surface area contributed by atoms with E-state index >= 15 is 0 Å². The smallest absolute Gasteiger partial charge is 0.317 e. The van der Waals surface area contributed by atoms with Crippen LogP contribution in [0.4, 0.5) is 4.79 Å². The minimum Gasteiger partial charge on any atom is -0.334 e. The fourth-order valence-electron chi connectivity index (χ4n) is 2.68. The van der Waals surface area contributed by atoms with Crippen molar-refractivity contribution in [3.63, 3.8) is 0 Å². The molecule has 1 aromatic carbocycles. The molecule has 1 aliphatic heterocycles. The molecule has 1 fully saturated rings. The summed E-state index contributed by atoms with van der Waals surface area (Å²) in [5, 5.41) is 3.66. The van der Waals surface area contributed by atoms with E-state index < -0.39 is 0 Å². The number of halogens is 1. The van der Waals surface area contributed by atoms with Gasteiger partial charge in [-0.3, -0.25) is 4.90 Å². The van der Waals surface area contributed by atoms with Gasteiger partial charge in [-0.25, -0.2) is 4.79 Å². The number of benzene rings is 1. The second kappa shape index (κ2) is 9.01. The van der Waals surface area contributed by atoms with E-state index in [1.54, 1.807) is 0 Å². The van der Waals surface area contributed by atoms with E-state index in [0.29, 0.717) is 11.6 Å². The number of hydrogen-bond acceptors (Lipinski definition) is 2. The van der Waals surface area contributed by atoms with Gasteiger partial charge in [0, 0.05) is 37.7 Å². The number of nitrogens with one attached hydrogen (secondary N) is 1. The van der Waals surface area contributed by atoms with Crippen LogP contribution in [0.3, 0.4) is 0 Å². The topological polar surface area (TPSA) is 35.6 Å². The largest absolute Gasteiger partial charge is 0.334 e. The average molecular weight is 324 g/mol. The molecule has 1 aliphatic rings. The number of unbranched alkanes of at least 4 members (excludes halogenated alkanes) is 2. The first-order valence-electron chi connectivity index (χ1n) is 8.19. The van der Waals surface area contributed by atoms with E-state index in [2.05, 4.69) is 17.1 Å². The second-order valence-corrected chi connectivity index (χ2v) is 6.19. The third-order valence-electron chi connectivity index (χ3n) is 4.13. The van der Waals surface area contributed by atoms with Crippen molar-refractivity contribution < 1.29 is 4.79 Å². The van der Waals surface area contributed by atoms with Crippen molar-refractivity contribution >= 4 is 17.6 Å². The highest BCUT2D eigenvalue weighted by Gasteiger charge is 2.20. The molecular formula is C17H26ClN3O. The zero-order valence-corrected chi connectivity index (χ0v) is 14.1. The maximum atomic E-state index is 12.2. The molecule has 0 aromatic heterocycles. The fraction of sp³-hybridized carbons (Fsp3) is 0.588. The number of rotatable bonds is 6. The van der Waals surface area contributed by atoms with Crippen molar-refractivity contribution in [3.8, 4) is 0 Å². The molecule has 0 saturated carbocycles. The van der Waals surface area contributed by atoms with Gasteiger partial charge in [-0.05, 0) is 24.6 Å². The first kappa shape index (κ1) is 17.1. The van der Waals surface area contributed by atoms with E-state index in [1.807, 2.05) is 29.2 Å². The molecule has 5 heteroatoms. The molecule has 122 valence electrons. The van der Waals surface area contributed by atoms with Gasteiger partial charge in [-0.15, -0.1) is 0 Å². The lowest BCUT2D eigenvalue weighted by molar-refractivity contribution is 0.138. The number of carbonyl (C=O) groups excluding carboxylic acids is 1. The predicted octanol–water partition coefficient (Wildman–Crippen LogP) is 3.36. The number of hydrogen-bond donors (Lipinski definition) is 1. The highest BCUT2D eigenvalue weighted by molar-refractivity contribution is 6.31. The lowest BCUT2D eigenvalue weighted by Crippen LogP contribution is -2.51. The summed E-state index contributed by atoms with van der Waals surface area (Å²) in [6.07, 6.45) is 3.80. The number of urea groups is 1. The summed E-state index contributed by atoms with van der Waals surface area (Å²) >= 11 is 6.10. The van der Waals surface area contributed by atoms with E-state index in [0.717, 1.165) is 38.3 Å². The van der Waals surface area contributed by atoms with Crippen molar-refractivity contribution in [2.24, 2.45) is 0 Å². The van der Waals surface area contributed by atoms with Crippen LogP contribution >= 0.6 is 11.6 Å². The van der Waals surface area contributed by atoms with Crippen molar-refractivity contribution in [3.05, 3.63) is 34.9 Å². The van der Waals surface area contributed by atoms with Crippen LogP contribution < -0.4 is 5.32 Å². The molecule has 0 atom stereocenters. The van der Waals surface area contributed by atoms with Gasteiger partial charge in [0.05, 0.1) is 0 Å². The molecular weight excluding hydrogens is 298 g/mol. The summed E-state index contributed by atoms with van der Waals surface area (Å²) in [5.41, 5.74) is 0.954. The Labute approximate surface area is 138 Å². The molecule has 1 heterocycles. The molecule has 2 amide bonds. The van der Waals surface area contributed by atoms with Crippen LogP contribution in [0, 0.1) is 0 Å². The standard InChI is InChI=1S/C17H26ClN3O/c1-2-3-6-9-20-10-12-21(13-11-20)17(22)19-14-15-7-4-5-8-16(15)18/h4-5,7-8H,2-3,6,9-14H2,1H3,(H,19,22). The van der Waals surface area contributed by atoms with Gasteiger partial charge in [0.2, 0.25) is 0 Å². The second-order valence-electron chi connectivity index (χ2n) is 5.79. The zero-order valence-electron chi connectivity index (χ0n) is 13.4. The van der Waals surface area contributed by atoms with E-state index in [1.165, 1.54) is 19.3 Å². The Morgan fingerprint density at radius 3 is 2.59 bits per heavy atom. The monoisotopic (exact) mass is 323 g/mol. The average Bonchev–Trinajstić information content (AvgIpc) is 2.55. The molecule has 2 rings (SSSR count). The predicted molar refractivity (Wildman–Crippen MR) is 91.2 cm³/mol. The Hall–Kier alpha value is -1.26. The highest BCUT2D eigenvalue weighted by atomic mass is 35.5. The zero-order chi connectivity index (χ0) is 15.8. The molecule has 22 heavy (non-hydrogen) atoms. The number of nitrogens with zero attached hydrogens (tertiary/aromatic N) is 2. The Morgan fingerprint density at radius 2 is 1.91 bits per heavy atom. The summed E-state index contributed by atoms with van der Waals surface area (Å²) in [7, 11) is 0. The summed E-state index contributed by atoms with van der Waals surface area (Å²) in [4.78, 5) is 16.6. The van der Waals surface area contributed by atoms with Gasteiger partial charge in [-0.1, -0.05) is 49.6 Å². The Morgan fingerprint density at radius 1 is 1.18 bits per heavy atom. The molecule has 0 radical (unpaired) electrons. The van der Waals surface area contributed by atoms with Crippen LogP contribution in [0.1, 0.15) is 31.7 Å². The van der Waals surface area contributed by atoms with E-state index in [-0.39, 0.29) is 6.03 Å². The van der Waals surface area contributed by atoms with Gasteiger partial charge >= 0.3 is 6.03 Å². The Kier molecular flexibility index (Phi) is 7.00. The number of amides is 2. The quantitative estimate of drug-likeness (QED) is 0.815. The maximum absolute atomic E-state index is 12.2. The minimum atomic E-state index is 0.00753. The third-order valence-corrected chi connectivity index (χ3v) is 4.49. The molecule has 0 bridgehead atoms. The van der Waals surface area contributed by atoms with Gasteiger partial charge in [0.25, 0.3) is 0 Å². The van der Waals surface area contributed by atoms with Crippen molar-refractivity contribution in [1.82, 2.24) is 15.1 Å². The summed E-state index contributed by atoms with van der Waals surface area (Å²) < 4.78 is 0. The fourth-order valence-corrected chi connectivity index (χ4v) is 2.89. The molecule has 1 N–H and O–H groups in total. The SMILES string of the molecule is CCCCCN1CCN(C(=O)NCc2ccccc2Cl)CC1. The van der Waals surface area contributed by atoms with Gasteiger partial charge in [0.15, 0.2) is 0 Å². The molecule has 1 saturated heterocycles. The third kappa shape index (κ3) is 5.18. The lowest BCUT2D eigenvalue weighted by Gasteiger charge is -2.34. The van der Waals surface area contributed by atoms with Crippen LogP contribution in [-0.2, 0) is 6.54 Å². The first-order valence-corrected chi connectivity index (χ1v) is 8.57. The van der Waals surface area contributed by atoms with Crippen molar-refractivity contribution in [2.45, 2.75) is 32.7 Å². The normalized spacial score (nSPS) is 15.8. The van der Waals surface area contributed by atoms with Crippen molar-refractivity contribution in [2.75, 3.05) is 32.7 Å². The van der Waals surface area contributed by atoms with Gasteiger partial charge < -0.3 is 10.2 Å².